The van der Waals surface area contributed by atoms with Gasteiger partial charge in [-0.1, -0.05) is 29.5 Å². The van der Waals surface area contributed by atoms with E-state index in [0.717, 1.165) is 0 Å². The van der Waals surface area contributed by atoms with Crippen LogP contribution in [-0.2, 0) is 14.3 Å². The van der Waals surface area contributed by atoms with E-state index in [9.17, 15) is 14.4 Å². The quantitative estimate of drug-likeness (QED) is 0.285. The van der Waals surface area contributed by atoms with Crippen LogP contribution in [-0.4, -0.2) is 44.4 Å². The van der Waals surface area contributed by atoms with Crippen LogP contribution in [0.1, 0.15) is 41.6 Å². The van der Waals surface area contributed by atoms with Gasteiger partial charge in [0.25, 0.3) is 5.56 Å². The normalized spacial score (nSPS) is 14.7. The van der Waals surface area contributed by atoms with E-state index in [2.05, 4.69) is 4.99 Å². The fourth-order valence-corrected chi connectivity index (χ4v) is 5.85. The first kappa shape index (κ1) is 28.6. The lowest BCUT2D eigenvalue weighted by Gasteiger charge is -2.26. The van der Waals surface area contributed by atoms with Crippen molar-refractivity contribution in [2.24, 2.45) is 4.99 Å². The number of fused-ring (bicyclic) bond motifs is 1. The molecular formula is C31H28N2O8S. The van der Waals surface area contributed by atoms with E-state index < -0.39 is 18.0 Å². The van der Waals surface area contributed by atoms with Crippen molar-refractivity contribution in [1.29, 1.82) is 0 Å². The molecule has 0 aliphatic carbocycles. The Morgan fingerprint density at radius 2 is 1.83 bits per heavy atom. The highest BCUT2D eigenvalue weighted by Crippen LogP contribution is 2.37. The number of thiazole rings is 1. The first-order valence-electron chi connectivity index (χ1n) is 13.0. The zero-order valence-electron chi connectivity index (χ0n) is 23.6. The lowest BCUT2D eigenvalue weighted by molar-refractivity contribution is -0.139. The molecule has 3 heterocycles. The van der Waals surface area contributed by atoms with Crippen molar-refractivity contribution in [3.63, 3.8) is 0 Å². The van der Waals surface area contributed by atoms with Crippen LogP contribution in [0.5, 0.6) is 11.5 Å². The number of aromatic nitrogens is 1. The number of furan rings is 1. The number of allylic oxidation sites excluding steroid dienone is 1. The molecular weight excluding hydrogens is 560 g/mol. The minimum atomic E-state index is -0.859. The molecule has 11 heteroatoms. The number of carbonyl (C=O) groups excluding carboxylic acids is 2. The van der Waals surface area contributed by atoms with Crippen molar-refractivity contribution in [3.05, 3.63) is 102 Å². The van der Waals surface area contributed by atoms with E-state index in [-0.39, 0.29) is 17.7 Å². The number of carbonyl (C=O) groups is 2. The maximum atomic E-state index is 14.0. The molecule has 0 spiro atoms. The Kier molecular flexibility index (Phi) is 8.12. The zero-order valence-corrected chi connectivity index (χ0v) is 24.4. The first-order valence-corrected chi connectivity index (χ1v) is 13.8. The molecule has 1 aliphatic heterocycles. The molecule has 0 fully saturated rings. The molecule has 0 unspecified atom stereocenters. The fourth-order valence-electron chi connectivity index (χ4n) is 4.82. The molecule has 2 aromatic carbocycles. The van der Waals surface area contributed by atoms with Gasteiger partial charge in [0.1, 0.15) is 29.1 Å². The molecule has 0 amide bonds. The summed E-state index contributed by atoms with van der Waals surface area (Å²) in [5.74, 6) is 0.773. The zero-order chi connectivity index (χ0) is 30.0. The van der Waals surface area contributed by atoms with Crippen molar-refractivity contribution in [2.75, 3.05) is 27.9 Å². The average molecular weight is 589 g/mol. The number of methoxy groups -OCH3 is 3. The Morgan fingerprint density at radius 1 is 1.05 bits per heavy atom. The van der Waals surface area contributed by atoms with Crippen molar-refractivity contribution in [1.82, 2.24) is 4.57 Å². The van der Waals surface area contributed by atoms with Gasteiger partial charge in [0.15, 0.2) is 4.80 Å². The summed E-state index contributed by atoms with van der Waals surface area (Å²) in [6, 6.07) is 14.7. The second kappa shape index (κ2) is 11.9. The van der Waals surface area contributed by atoms with Gasteiger partial charge in [-0.05, 0) is 44.2 Å². The number of hydrogen-bond acceptors (Lipinski definition) is 10. The monoisotopic (exact) mass is 588 g/mol. The minimum absolute atomic E-state index is 0.159. The van der Waals surface area contributed by atoms with Gasteiger partial charge in [-0.25, -0.2) is 14.6 Å². The van der Waals surface area contributed by atoms with Crippen molar-refractivity contribution < 1.29 is 33.0 Å². The average Bonchev–Trinajstić information content (AvgIpc) is 3.59. The summed E-state index contributed by atoms with van der Waals surface area (Å²) < 4.78 is 29.1. The Hall–Kier alpha value is -4.90. The number of esters is 2. The molecule has 42 heavy (non-hydrogen) atoms. The van der Waals surface area contributed by atoms with Crippen LogP contribution >= 0.6 is 11.3 Å². The van der Waals surface area contributed by atoms with Crippen LogP contribution in [0.15, 0.2) is 80.1 Å². The van der Waals surface area contributed by atoms with Gasteiger partial charge in [0.05, 0.1) is 49.3 Å². The second-order valence-electron chi connectivity index (χ2n) is 9.15. The summed E-state index contributed by atoms with van der Waals surface area (Å²) in [6.07, 6.45) is 1.61. The molecule has 4 aromatic rings. The van der Waals surface area contributed by atoms with E-state index in [4.69, 9.17) is 23.4 Å². The lowest BCUT2D eigenvalue weighted by Crippen LogP contribution is -2.40. The molecule has 1 atom stereocenters. The van der Waals surface area contributed by atoms with Gasteiger partial charge in [0, 0.05) is 23.3 Å². The van der Waals surface area contributed by atoms with Crippen LogP contribution in [0.4, 0.5) is 0 Å². The summed E-state index contributed by atoms with van der Waals surface area (Å²) >= 11 is 1.17. The largest absolute Gasteiger partial charge is 0.497 e. The maximum absolute atomic E-state index is 14.0. The van der Waals surface area contributed by atoms with E-state index in [0.29, 0.717) is 54.7 Å². The summed E-state index contributed by atoms with van der Waals surface area (Å²) in [5.41, 5.74) is 1.79. The van der Waals surface area contributed by atoms with Crippen molar-refractivity contribution in [3.8, 4) is 22.8 Å². The second-order valence-corrected chi connectivity index (χ2v) is 10.2. The first-order chi connectivity index (χ1) is 20.3. The van der Waals surface area contributed by atoms with Gasteiger partial charge in [-0.15, -0.1) is 0 Å². The van der Waals surface area contributed by atoms with Crippen LogP contribution in [0.3, 0.4) is 0 Å². The highest BCUT2D eigenvalue weighted by Gasteiger charge is 2.35. The standard InChI is InChI=1S/C31H28N2O8S/c1-6-40-30(36)26-17(2)32-31-33(27(26)22-13-11-18(37-3)15-24(22)38-4)28(34)25(42-31)16-19-12-14-23(41-19)20-9-7-8-10-21(20)29(35)39-5/h7-16,27H,6H2,1-5H3/b25-16+/t27-/m1/s1. The van der Waals surface area contributed by atoms with Crippen LogP contribution in [0.2, 0.25) is 0 Å². The van der Waals surface area contributed by atoms with Crippen molar-refractivity contribution >= 4 is 29.4 Å². The van der Waals surface area contributed by atoms with Gasteiger partial charge in [0.2, 0.25) is 0 Å². The highest BCUT2D eigenvalue weighted by atomic mass is 32.1. The molecule has 0 saturated heterocycles. The van der Waals surface area contributed by atoms with Crippen molar-refractivity contribution in [2.45, 2.75) is 19.9 Å². The van der Waals surface area contributed by atoms with E-state index >= 15 is 0 Å². The Morgan fingerprint density at radius 3 is 2.55 bits per heavy atom. The molecule has 10 nitrogen and oxygen atoms in total. The van der Waals surface area contributed by atoms with E-state index in [1.165, 1.54) is 30.1 Å². The number of benzene rings is 2. The Labute approximate surface area is 244 Å². The SMILES string of the molecule is CCOC(=O)C1=C(C)N=c2s/c(=C/c3ccc(-c4ccccc4C(=O)OC)o3)c(=O)n2[C@@H]1c1ccc(OC)cc1OC. The predicted octanol–water partition coefficient (Wildman–Crippen LogP) is 3.86. The molecule has 0 radical (unpaired) electrons. The molecule has 216 valence electrons. The summed E-state index contributed by atoms with van der Waals surface area (Å²) in [7, 11) is 4.37. The Bertz CT molecular complexity index is 1900. The molecule has 1 aliphatic rings. The third-order valence-corrected chi connectivity index (χ3v) is 7.73. The number of hydrogen-bond donors (Lipinski definition) is 0. The fraction of sp³-hybridized carbons (Fsp3) is 0.226. The molecule has 5 rings (SSSR count). The highest BCUT2D eigenvalue weighted by molar-refractivity contribution is 7.07. The molecule has 2 aromatic heterocycles. The van der Waals surface area contributed by atoms with Gasteiger partial charge < -0.3 is 23.4 Å². The van der Waals surface area contributed by atoms with Crippen LogP contribution in [0, 0.1) is 0 Å². The van der Waals surface area contributed by atoms with E-state index in [1.54, 1.807) is 81.6 Å². The number of rotatable bonds is 8. The lowest BCUT2D eigenvalue weighted by atomic mass is 9.95. The van der Waals surface area contributed by atoms with Crippen LogP contribution in [0.25, 0.3) is 17.4 Å². The smallest absolute Gasteiger partial charge is 0.338 e. The topological polar surface area (TPSA) is 119 Å². The Balaban J connectivity index is 1.66. The summed E-state index contributed by atoms with van der Waals surface area (Å²) in [5, 5.41) is 0. The third kappa shape index (κ3) is 5.14. The number of ether oxygens (including phenoxy) is 4. The van der Waals surface area contributed by atoms with Crippen LogP contribution < -0.4 is 24.4 Å². The van der Waals surface area contributed by atoms with E-state index in [1.807, 2.05) is 0 Å². The summed E-state index contributed by atoms with van der Waals surface area (Å²) in [4.78, 5) is 44.4. The van der Waals surface area contributed by atoms with Gasteiger partial charge >= 0.3 is 11.9 Å². The molecule has 0 bridgehead atoms. The predicted molar refractivity (Wildman–Crippen MR) is 155 cm³/mol. The molecule has 0 N–H and O–H groups in total. The minimum Gasteiger partial charge on any atom is -0.497 e. The van der Waals surface area contributed by atoms with Gasteiger partial charge in [-0.2, -0.15) is 0 Å². The number of nitrogens with zero attached hydrogens (tertiary/aromatic N) is 2. The molecule has 0 saturated carbocycles. The third-order valence-electron chi connectivity index (χ3n) is 6.75. The maximum Gasteiger partial charge on any atom is 0.338 e. The van der Waals surface area contributed by atoms with Gasteiger partial charge in [-0.3, -0.25) is 9.36 Å². The summed E-state index contributed by atoms with van der Waals surface area (Å²) in [6.45, 7) is 3.59.